The summed E-state index contributed by atoms with van der Waals surface area (Å²) < 4.78 is 154. The molecule has 1 aromatic heterocycles. The van der Waals surface area contributed by atoms with Gasteiger partial charge in [0.2, 0.25) is 11.2 Å². The van der Waals surface area contributed by atoms with Crippen LogP contribution in [-0.2, 0) is 62.9 Å². The molecule has 26 nitrogen and oxygen atoms in total. The van der Waals surface area contributed by atoms with E-state index in [1.165, 1.54) is 72.8 Å². The van der Waals surface area contributed by atoms with Gasteiger partial charge in [-0.3, -0.25) is 14.6 Å². The number of carboxylic acids is 1. The Hall–Kier alpha value is -2.12. The van der Waals surface area contributed by atoms with Crippen LogP contribution in [0, 0.1) is 14.3 Å². The van der Waals surface area contributed by atoms with Crippen molar-refractivity contribution >= 4 is 205 Å². The van der Waals surface area contributed by atoms with Crippen molar-refractivity contribution in [2.24, 2.45) is 4.99 Å². The fourth-order valence-electron chi connectivity index (χ4n) is 11.9. The normalized spacial score (nSPS) is 12.2. The van der Waals surface area contributed by atoms with Crippen LogP contribution in [0.15, 0.2) is 238 Å². The van der Waals surface area contributed by atoms with E-state index >= 15 is 0 Å². The Morgan fingerprint density at radius 1 is 0.623 bits per heavy atom. The summed E-state index contributed by atoms with van der Waals surface area (Å²) in [6.07, 6.45) is 7.29. The van der Waals surface area contributed by atoms with Gasteiger partial charge in [0.05, 0.1) is 52.4 Å². The van der Waals surface area contributed by atoms with Crippen LogP contribution in [0.4, 0.5) is 11.4 Å². The summed E-state index contributed by atoms with van der Waals surface area (Å²) >= 11 is 8.38. The van der Waals surface area contributed by atoms with Crippen molar-refractivity contribution in [1.82, 2.24) is 4.98 Å². The van der Waals surface area contributed by atoms with Gasteiger partial charge < -0.3 is 57.9 Å². The number of nitrogens with one attached hydrogen (secondary N) is 1. The van der Waals surface area contributed by atoms with E-state index in [0.717, 1.165) is 23.5 Å². The number of aromatic carboxylic acids is 1. The maximum Gasteiger partial charge on any atom is 1.00 e. The maximum atomic E-state index is 12.7. The molecule has 13 rings (SSSR count). The fourth-order valence-corrected chi connectivity index (χ4v) is 18.1. The number of aromatic nitrogens is 1. The minimum Gasteiger partial charge on any atom is -0.871 e. The quantitative estimate of drug-likeness (QED) is 0.0111. The van der Waals surface area contributed by atoms with Gasteiger partial charge >= 0.3 is 177 Å². The monoisotopic (exact) mass is 2140 g/mol. The second-order valence-corrected chi connectivity index (χ2v) is 34.2. The Labute approximate surface area is 845 Å². The van der Waals surface area contributed by atoms with E-state index in [1.54, 1.807) is 60.7 Å². The number of benzene rings is 9. The first-order valence-corrected chi connectivity index (χ1v) is 42.0. The van der Waals surface area contributed by atoms with Crippen LogP contribution < -0.4 is 203 Å². The molecule has 41 heteroatoms. The third kappa shape index (κ3) is 23.8. The molecule has 2 N–H and O–H groups in total. The number of hydrogen-bond donors (Lipinski definition) is 2. The molecule has 0 bridgehead atoms. The van der Waals surface area contributed by atoms with Gasteiger partial charge in [-0.15, -0.1) is 0 Å². The van der Waals surface area contributed by atoms with E-state index in [9.17, 15) is 86.8 Å². The second-order valence-electron chi connectivity index (χ2n) is 23.4. The maximum absolute atomic E-state index is 12.7. The second kappa shape index (κ2) is 43.8. The minimum atomic E-state index is -4.86. The molecule has 0 spiro atoms. The van der Waals surface area contributed by atoms with Gasteiger partial charge in [0.1, 0.15) is 67.6 Å². The molecule has 556 valence electrons. The number of hydrogen-bond acceptors (Lipinski definition) is 25. The number of aliphatic imine (C=N–C) groups is 1. The van der Waals surface area contributed by atoms with Gasteiger partial charge in [0.15, 0.2) is 23.8 Å². The summed E-state index contributed by atoms with van der Waals surface area (Å²) in [5.74, 6) is -2.07. The zero-order valence-corrected chi connectivity index (χ0v) is 85.9. The topological polar surface area (TPSA) is 435 Å². The number of aromatic hydroxyl groups is 1. The molecule has 0 atom stereocenters. The minimum absolute atomic E-state index is 0. The number of fused-ring (bicyclic) bond motifs is 4. The van der Waals surface area contributed by atoms with E-state index in [-0.39, 0.29) is 237 Å². The van der Waals surface area contributed by atoms with Crippen LogP contribution >= 0.6 is 102 Å². The van der Waals surface area contributed by atoms with Crippen molar-refractivity contribution in [1.29, 1.82) is 0 Å². The summed E-state index contributed by atoms with van der Waals surface area (Å²) in [5, 5.41) is 48.6. The first-order chi connectivity index (χ1) is 51.1. The summed E-state index contributed by atoms with van der Waals surface area (Å²) in [7, 11) is -18.8. The molecule has 8 aromatic carbocycles. The average molecular weight is 2140 g/mol. The Morgan fingerprint density at radius 2 is 1.21 bits per heavy atom. The Bertz CT molecular complexity index is 6220. The first-order valence-electron chi connectivity index (χ1n) is 31.3. The summed E-state index contributed by atoms with van der Waals surface area (Å²) in [4.78, 5) is 44.9. The number of anilines is 1. The van der Waals surface area contributed by atoms with Gasteiger partial charge in [-0.25, -0.2) is 43.2 Å². The Kier molecular flexibility index (Phi) is 39.3. The summed E-state index contributed by atoms with van der Waals surface area (Å²) in [6, 6.07) is 42.8. The predicted molar refractivity (Wildman–Crippen MR) is 422 cm³/mol. The standard InChI is InChI=1S/C37H36N2O9S3.C20H8I4O5.C16H10N2O8S2.6Na/c1-3-38(25-27-9-7-11-33(23-27)49(40,41)42)31-19-15-29(16-20-31)37(35-13-5-6-14-36(35)51(46,47)48)30-17-21-32(22-18-30)39(4-2)26-28-10-8-12-34(24-28)50(43,44)45;21-11-5-9-13(7-3-1-2-4-8(7)20(27)28)10-6-12(22)17(26)15(24)19(10)29-18(9)14(23)16(11)25;19-15-9-5-7(27-26-25-21)1-3-11(9)17-13(15)14-16(20)10-6-8(28(22,23)24)2-4-12(10)18-14;;;;;;/h5-24H,3-4,25-26H2,1-2H3,(H2-,40,41,42,43,44,45,46,47,48);1-6,25H,(H,27,28);1-6,18,20-21H,(H,22,23,24);;;;;;/q;;;6*+1/p-6. The largest absolute Gasteiger partial charge is 1.00 e. The number of Topliss-reactive ketones (excluding diaryl/α,β-unsaturated/α-hetero) is 1. The molecule has 114 heavy (non-hydrogen) atoms. The molecular weight excluding hydrogens is 2090 g/mol. The van der Waals surface area contributed by atoms with E-state index in [0.29, 0.717) is 130 Å². The van der Waals surface area contributed by atoms with Crippen LogP contribution in [0.2, 0.25) is 0 Å². The molecule has 3 heterocycles. The van der Waals surface area contributed by atoms with Gasteiger partial charge in [-0.2, -0.15) is 4.33 Å². The van der Waals surface area contributed by atoms with Crippen molar-refractivity contribution in [2.75, 3.05) is 18.0 Å². The molecule has 9 aromatic rings. The number of carboxylic acid groups (broad SMARTS) is 1. The Morgan fingerprint density at radius 3 is 1.80 bits per heavy atom. The third-order valence-corrected chi connectivity index (χ3v) is 24.4. The molecule has 0 saturated heterocycles. The smallest absolute Gasteiger partial charge is 0.871 e. The molecule has 0 fully saturated rings. The Balaban J connectivity index is 0.000000317. The SMILES string of the molecule is CCN(Cc1cccc(S(=O)(=O)[O-])c1)c1ccc(C(=C2C=CC(=[N+](CC)Cc3cccc(S(=O)(=O)[O-])c3)C=C2)c2ccccc2S(=O)(=O)[O-])cc1.O=C([O-])c1ccccc1-c1c2cc(I)c(=O)c(I)c-2oc2c(I)c([O-])c(I)cc12.O=C1C(c2[nH]c3ccc(S(=O)(=O)[O-])cc3c2O)=Nc2ccc(SOO[O-])cc21.[Na+].[Na+].[Na+].[Na+].[Na+].[Na+]. The van der Waals surface area contributed by atoms with E-state index in [1.807, 2.05) is 162 Å². The molecule has 0 saturated carbocycles. The third-order valence-electron chi connectivity index (χ3n) is 16.9. The van der Waals surface area contributed by atoms with Crippen molar-refractivity contribution in [3.63, 3.8) is 0 Å². The van der Waals surface area contributed by atoms with Crippen LogP contribution in [-0.4, -0.2) is 103 Å². The number of carbonyl (C=O) groups excluding carboxylic acids is 2. The van der Waals surface area contributed by atoms with E-state index in [2.05, 4.69) is 19.3 Å². The van der Waals surface area contributed by atoms with Gasteiger partial charge in [0, 0.05) is 87.1 Å². The number of rotatable bonds is 19. The van der Waals surface area contributed by atoms with Crippen molar-refractivity contribution in [3.8, 4) is 33.9 Å². The van der Waals surface area contributed by atoms with Crippen LogP contribution in [0.5, 0.6) is 11.5 Å². The number of carbonyl (C=O) groups is 2. The number of nitrogens with zero attached hydrogens (tertiary/aromatic N) is 3. The predicted octanol–water partition coefficient (Wildman–Crippen LogP) is -7.20. The zero-order chi connectivity index (χ0) is 78.1. The van der Waals surface area contributed by atoms with Crippen LogP contribution in [0.1, 0.15) is 62.5 Å². The van der Waals surface area contributed by atoms with Crippen molar-refractivity contribution in [3.05, 3.63) is 263 Å². The molecule has 4 aliphatic rings. The van der Waals surface area contributed by atoms with E-state index < -0.39 is 62.9 Å². The van der Waals surface area contributed by atoms with Crippen molar-refractivity contribution in [2.45, 2.75) is 51.4 Å². The number of ketones is 1. The molecule has 0 unspecified atom stereocenters. The fraction of sp³-hybridized carbons (Fsp3) is 0.0822. The molecule has 2 aliphatic heterocycles. The van der Waals surface area contributed by atoms with Gasteiger partial charge in [0.25, 0.3) is 0 Å². The number of halogens is 4. The number of H-pyrrole nitrogens is 1. The molecule has 0 radical (unpaired) electrons. The number of allylic oxidation sites excluding steroid dienone is 5. The van der Waals surface area contributed by atoms with Gasteiger partial charge in [-0.1, -0.05) is 84.6 Å². The van der Waals surface area contributed by atoms with Gasteiger partial charge in [-0.05, 0) is 235 Å². The molecule has 0 amide bonds. The summed E-state index contributed by atoms with van der Waals surface area (Å²) in [6.45, 7) is 5.60. The van der Waals surface area contributed by atoms with E-state index in [4.69, 9.17) is 4.42 Å². The zero-order valence-electron chi connectivity index (χ0n) is 61.2. The van der Waals surface area contributed by atoms with Crippen LogP contribution in [0.25, 0.3) is 49.9 Å². The molecular formula is C73H48I4N4Na6O22S5. The van der Waals surface area contributed by atoms with Crippen LogP contribution in [0.3, 0.4) is 0 Å². The molecule has 2 aliphatic carbocycles. The number of aromatic amines is 1. The van der Waals surface area contributed by atoms with Crippen molar-refractivity contribution < 1.29 is 278 Å². The average Bonchev–Trinajstić information content (AvgIpc) is 0.885. The first kappa shape index (κ1) is 102. The summed E-state index contributed by atoms with van der Waals surface area (Å²) in [5.41, 5.74) is 7.38.